The first kappa shape index (κ1) is 17.5. The molecule has 1 amide bonds. The zero-order valence-corrected chi connectivity index (χ0v) is 15.7. The number of hydrogen-bond donors (Lipinski definition) is 0. The number of amides is 1. The maximum atomic E-state index is 13.0. The van der Waals surface area contributed by atoms with E-state index in [4.69, 9.17) is 32.7 Å². The molecular weight excluding hydrogens is 373 g/mol. The topological polar surface area (TPSA) is 38.8 Å². The summed E-state index contributed by atoms with van der Waals surface area (Å²) in [4.78, 5) is 14.9. The number of halogens is 2. The molecule has 0 bridgehead atoms. The molecule has 1 saturated heterocycles. The van der Waals surface area contributed by atoms with Crippen LogP contribution in [-0.4, -0.2) is 30.6 Å². The minimum atomic E-state index is -0.0295. The van der Waals surface area contributed by atoms with Gasteiger partial charge in [0.05, 0.1) is 29.3 Å². The lowest BCUT2D eigenvalue weighted by atomic mass is 10.0. The first-order valence-electron chi connectivity index (χ1n) is 8.79. The van der Waals surface area contributed by atoms with E-state index in [1.807, 2.05) is 23.1 Å². The normalized spacial score (nSPS) is 19.3. The van der Waals surface area contributed by atoms with Crippen LogP contribution in [-0.2, 0) is 0 Å². The van der Waals surface area contributed by atoms with Crippen LogP contribution in [0.3, 0.4) is 0 Å². The van der Waals surface area contributed by atoms with E-state index in [-0.39, 0.29) is 11.9 Å². The third-order valence-corrected chi connectivity index (χ3v) is 5.58. The number of hydrogen-bond acceptors (Lipinski definition) is 3. The Labute approximate surface area is 162 Å². The van der Waals surface area contributed by atoms with E-state index in [1.165, 1.54) is 0 Å². The molecule has 0 radical (unpaired) electrons. The minimum Gasteiger partial charge on any atom is -0.490 e. The highest BCUT2D eigenvalue weighted by atomic mass is 35.5. The fourth-order valence-electron chi connectivity index (χ4n) is 3.54. The van der Waals surface area contributed by atoms with E-state index in [1.54, 1.807) is 18.2 Å². The molecule has 2 aliphatic rings. The molecule has 4 rings (SSSR count). The fourth-order valence-corrected chi connectivity index (χ4v) is 3.84. The van der Waals surface area contributed by atoms with Gasteiger partial charge >= 0.3 is 0 Å². The second-order valence-electron chi connectivity index (χ2n) is 6.54. The molecule has 26 heavy (non-hydrogen) atoms. The van der Waals surface area contributed by atoms with Gasteiger partial charge in [0.15, 0.2) is 11.5 Å². The Balaban J connectivity index is 1.61. The lowest BCUT2D eigenvalue weighted by Crippen LogP contribution is -2.30. The van der Waals surface area contributed by atoms with Crippen LogP contribution in [0.25, 0.3) is 0 Å². The monoisotopic (exact) mass is 391 g/mol. The highest BCUT2D eigenvalue weighted by Crippen LogP contribution is 2.38. The fraction of sp³-hybridized carbons (Fsp3) is 0.350. The third-order valence-electron chi connectivity index (χ3n) is 4.84. The van der Waals surface area contributed by atoms with Crippen molar-refractivity contribution in [1.82, 2.24) is 4.90 Å². The molecule has 0 aliphatic carbocycles. The van der Waals surface area contributed by atoms with Gasteiger partial charge in [-0.15, -0.1) is 0 Å². The van der Waals surface area contributed by atoms with E-state index in [9.17, 15) is 4.79 Å². The zero-order chi connectivity index (χ0) is 18.1. The number of carbonyl (C=O) groups excluding carboxylic acids is 1. The number of rotatable bonds is 2. The van der Waals surface area contributed by atoms with Crippen molar-refractivity contribution in [2.75, 3.05) is 19.8 Å². The van der Waals surface area contributed by atoms with Crippen LogP contribution in [0.15, 0.2) is 36.4 Å². The summed E-state index contributed by atoms with van der Waals surface area (Å²) in [6, 6.07) is 11.0. The second-order valence-corrected chi connectivity index (χ2v) is 7.36. The van der Waals surface area contributed by atoms with Crippen LogP contribution in [0.2, 0.25) is 10.0 Å². The van der Waals surface area contributed by atoms with E-state index in [2.05, 4.69) is 0 Å². The lowest BCUT2D eigenvalue weighted by Gasteiger charge is -2.26. The Morgan fingerprint density at radius 2 is 1.77 bits per heavy atom. The molecule has 1 atom stereocenters. The molecule has 0 saturated carbocycles. The summed E-state index contributed by atoms with van der Waals surface area (Å²) in [5, 5.41) is 0.841. The molecule has 6 heteroatoms. The van der Waals surface area contributed by atoms with Gasteiger partial charge in [0.25, 0.3) is 5.91 Å². The summed E-state index contributed by atoms with van der Waals surface area (Å²) in [5.41, 5.74) is 1.63. The van der Waals surface area contributed by atoms with Gasteiger partial charge in [-0.2, -0.15) is 0 Å². The lowest BCUT2D eigenvalue weighted by molar-refractivity contribution is 0.0735. The highest BCUT2D eigenvalue weighted by molar-refractivity contribution is 6.42. The molecule has 136 valence electrons. The van der Waals surface area contributed by atoms with Crippen molar-refractivity contribution >= 4 is 29.1 Å². The zero-order valence-electron chi connectivity index (χ0n) is 14.2. The van der Waals surface area contributed by atoms with E-state index < -0.39 is 0 Å². The number of fused-ring (bicyclic) bond motifs is 1. The predicted octanol–water partition coefficient (Wildman–Crippen LogP) is 5.13. The maximum Gasteiger partial charge on any atom is 0.254 e. The molecule has 0 aromatic heterocycles. The molecule has 0 spiro atoms. The summed E-state index contributed by atoms with van der Waals surface area (Å²) in [6.45, 7) is 2.03. The molecule has 1 unspecified atom stereocenters. The van der Waals surface area contributed by atoms with Gasteiger partial charge in [0.1, 0.15) is 0 Å². The molecule has 4 nitrogen and oxygen atoms in total. The summed E-state index contributed by atoms with van der Waals surface area (Å²) >= 11 is 12.0. The van der Waals surface area contributed by atoms with Crippen molar-refractivity contribution in [2.24, 2.45) is 0 Å². The second kappa shape index (κ2) is 7.37. The van der Waals surface area contributed by atoms with Gasteiger partial charge < -0.3 is 14.4 Å². The van der Waals surface area contributed by atoms with Gasteiger partial charge in [-0.25, -0.2) is 0 Å². The Hall–Kier alpha value is -1.91. The van der Waals surface area contributed by atoms with Gasteiger partial charge in [-0.3, -0.25) is 4.79 Å². The standard InChI is InChI=1S/C20H19Cl2NO3/c21-15-6-4-14(11-16(15)22)20(24)23-8-1-3-17(23)13-5-7-18-19(12-13)26-10-2-9-25-18/h4-7,11-12,17H,1-3,8-10H2. The van der Waals surface area contributed by atoms with Crippen LogP contribution in [0, 0.1) is 0 Å². The maximum absolute atomic E-state index is 13.0. The number of carbonyl (C=O) groups is 1. The molecule has 2 aromatic carbocycles. The van der Waals surface area contributed by atoms with Crippen LogP contribution in [0.4, 0.5) is 0 Å². The van der Waals surface area contributed by atoms with Gasteiger partial charge in [0, 0.05) is 18.5 Å². The van der Waals surface area contributed by atoms with E-state index >= 15 is 0 Å². The summed E-state index contributed by atoms with van der Waals surface area (Å²) in [5.74, 6) is 1.50. The largest absolute Gasteiger partial charge is 0.490 e. The summed E-state index contributed by atoms with van der Waals surface area (Å²) < 4.78 is 11.5. The Morgan fingerprint density at radius 3 is 2.58 bits per heavy atom. The quantitative estimate of drug-likeness (QED) is 0.711. The van der Waals surface area contributed by atoms with E-state index in [0.29, 0.717) is 28.8 Å². The van der Waals surface area contributed by atoms with Crippen LogP contribution >= 0.6 is 23.2 Å². The van der Waals surface area contributed by atoms with E-state index in [0.717, 1.165) is 42.9 Å². The average molecular weight is 392 g/mol. The van der Waals surface area contributed by atoms with Crippen molar-refractivity contribution in [3.63, 3.8) is 0 Å². The summed E-state index contributed by atoms with van der Waals surface area (Å²) in [7, 11) is 0. The first-order chi connectivity index (χ1) is 12.6. The SMILES string of the molecule is O=C(c1ccc(Cl)c(Cl)c1)N1CCCC1c1ccc2c(c1)OCCCO2. The summed E-state index contributed by atoms with van der Waals surface area (Å²) in [6.07, 6.45) is 2.76. The molecular formula is C20H19Cl2NO3. The van der Waals surface area contributed by atoms with Crippen molar-refractivity contribution in [1.29, 1.82) is 0 Å². The minimum absolute atomic E-state index is 0.0223. The molecule has 0 N–H and O–H groups in total. The molecule has 2 aliphatic heterocycles. The number of nitrogens with zero attached hydrogens (tertiary/aromatic N) is 1. The van der Waals surface area contributed by atoms with Crippen molar-refractivity contribution < 1.29 is 14.3 Å². The van der Waals surface area contributed by atoms with Crippen molar-refractivity contribution in [3.8, 4) is 11.5 Å². The highest BCUT2D eigenvalue weighted by Gasteiger charge is 2.31. The molecule has 1 fully saturated rings. The Kier molecular flexibility index (Phi) is 4.96. The predicted molar refractivity (Wildman–Crippen MR) is 102 cm³/mol. The molecule has 2 heterocycles. The number of likely N-dealkylation sites (tertiary alicyclic amines) is 1. The smallest absolute Gasteiger partial charge is 0.254 e. The number of ether oxygens (including phenoxy) is 2. The third kappa shape index (κ3) is 3.36. The van der Waals surface area contributed by atoms with Gasteiger partial charge in [-0.1, -0.05) is 29.3 Å². The van der Waals surface area contributed by atoms with Crippen molar-refractivity contribution in [3.05, 3.63) is 57.6 Å². The van der Waals surface area contributed by atoms with Crippen molar-refractivity contribution in [2.45, 2.75) is 25.3 Å². The number of benzene rings is 2. The van der Waals surface area contributed by atoms with Crippen LogP contribution < -0.4 is 9.47 Å². The van der Waals surface area contributed by atoms with Gasteiger partial charge in [-0.05, 0) is 48.7 Å². The Bertz CT molecular complexity index is 840. The van der Waals surface area contributed by atoms with Crippen LogP contribution in [0.1, 0.15) is 41.2 Å². The van der Waals surface area contributed by atoms with Crippen LogP contribution in [0.5, 0.6) is 11.5 Å². The molecule has 2 aromatic rings. The average Bonchev–Trinajstić information content (AvgIpc) is 3.02. The van der Waals surface area contributed by atoms with Gasteiger partial charge in [0.2, 0.25) is 0 Å². The Morgan fingerprint density at radius 1 is 0.962 bits per heavy atom. The first-order valence-corrected chi connectivity index (χ1v) is 9.54.